The Bertz CT molecular complexity index is 1080. The fourth-order valence-corrected chi connectivity index (χ4v) is 7.96. The second kappa shape index (κ2) is 35.6. The van der Waals surface area contributed by atoms with Crippen molar-refractivity contribution in [3.05, 3.63) is 12.2 Å². The Morgan fingerprint density at radius 3 is 1.58 bits per heavy atom. The average Bonchev–Trinajstić information content (AvgIpc) is 3.18. The number of hydrogen-bond acceptors (Lipinski definition) is 10. The minimum absolute atomic E-state index is 0.235. The highest BCUT2D eigenvalue weighted by molar-refractivity contribution is 7.80. The van der Waals surface area contributed by atoms with Crippen molar-refractivity contribution < 1.29 is 51.8 Å². The summed E-state index contributed by atoms with van der Waals surface area (Å²) in [7, 11) is -5.07. The highest BCUT2D eigenvalue weighted by Crippen LogP contribution is 2.26. The molecule has 0 aliphatic carbocycles. The fraction of sp³-hybridized carbons (Fsp3) is 0.932. The molecule has 338 valence electrons. The van der Waals surface area contributed by atoms with E-state index in [1.165, 1.54) is 122 Å². The standard InChI is InChI=1S/C44H85NO11S/c1-3-5-7-9-11-13-14-15-16-17-18-19-20-21-22-23-24-26-28-30-32-34-40(48)45-37(38(47)33-31-29-27-25-12-10-8-6-4-2)36-54-44-42(50)43(56-57(51,52)53)41(49)39(35-46)55-44/h19-20,37-39,41-44,46-47,49-50H,3-18,21-36H2,1-2H3,(H,45,48)(H,51,52,53)/b20-19-. The molecule has 0 radical (unpaired) electrons. The lowest BCUT2D eigenvalue weighted by atomic mass is 9.99. The number of aliphatic hydroxyl groups excluding tert-OH is 4. The Labute approximate surface area is 347 Å². The second-order valence-corrected chi connectivity index (χ2v) is 17.4. The molecule has 57 heavy (non-hydrogen) atoms. The third-order valence-electron chi connectivity index (χ3n) is 11.1. The molecule has 12 nitrogen and oxygen atoms in total. The summed E-state index contributed by atoms with van der Waals surface area (Å²) in [6.07, 6.45) is 29.5. The van der Waals surface area contributed by atoms with Gasteiger partial charge in [-0.1, -0.05) is 174 Å². The molecule has 0 bridgehead atoms. The van der Waals surface area contributed by atoms with Crippen molar-refractivity contribution in [2.45, 2.75) is 249 Å². The summed E-state index contributed by atoms with van der Waals surface area (Å²) >= 11 is 0. The van der Waals surface area contributed by atoms with Gasteiger partial charge in [-0.05, 0) is 38.5 Å². The zero-order valence-electron chi connectivity index (χ0n) is 35.9. The molecule has 6 N–H and O–H groups in total. The molecule has 1 saturated heterocycles. The lowest BCUT2D eigenvalue weighted by molar-refractivity contribution is -0.298. The largest absolute Gasteiger partial charge is 0.397 e. The Hall–Kier alpha value is -1.16. The van der Waals surface area contributed by atoms with Crippen LogP contribution < -0.4 is 5.32 Å². The van der Waals surface area contributed by atoms with Crippen LogP contribution in [0.2, 0.25) is 0 Å². The van der Waals surface area contributed by atoms with E-state index in [2.05, 4.69) is 35.5 Å². The third kappa shape index (κ3) is 28.9. The van der Waals surface area contributed by atoms with Crippen LogP contribution in [0.1, 0.15) is 206 Å². The summed E-state index contributed by atoms with van der Waals surface area (Å²) in [5.41, 5.74) is 0. The Morgan fingerprint density at radius 1 is 0.684 bits per heavy atom. The lowest BCUT2D eigenvalue weighted by Gasteiger charge is -2.41. The van der Waals surface area contributed by atoms with Crippen molar-refractivity contribution in [3.8, 4) is 0 Å². The highest BCUT2D eigenvalue weighted by atomic mass is 32.3. The van der Waals surface area contributed by atoms with Crippen LogP contribution in [-0.2, 0) is 28.9 Å². The van der Waals surface area contributed by atoms with Crippen LogP contribution >= 0.6 is 0 Å². The van der Waals surface area contributed by atoms with E-state index in [-0.39, 0.29) is 18.9 Å². The van der Waals surface area contributed by atoms with Crippen molar-refractivity contribution >= 4 is 16.3 Å². The normalized spacial score (nSPS) is 21.3. The van der Waals surface area contributed by atoms with Gasteiger partial charge in [0.2, 0.25) is 5.91 Å². The maximum Gasteiger partial charge on any atom is 0.397 e. The van der Waals surface area contributed by atoms with Crippen molar-refractivity contribution in [1.82, 2.24) is 5.32 Å². The first-order valence-electron chi connectivity index (χ1n) is 23.1. The average molecular weight is 836 g/mol. The maximum absolute atomic E-state index is 13.0. The molecular formula is C44H85NO11S. The number of unbranched alkanes of at least 4 members (excludes halogenated alkanes) is 25. The minimum atomic E-state index is -5.07. The lowest BCUT2D eigenvalue weighted by Crippen LogP contribution is -2.61. The Kier molecular flexibility index (Phi) is 33.6. The molecule has 0 aromatic rings. The molecule has 1 amide bonds. The van der Waals surface area contributed by atoms with Gasteiger partial charge in [-0.25, -0.2) is 4.18 Å². The summed E-state index contributed by atoms with van der Waals surface area (Å²) in [5, 5.41) is 44.7. The van der Waals surface area contributed by atoms with E-state index < -0.39 is 59.9 Å². The van der Waals surface area contributed by atoms with E-state index in [1.54, 1.807) is 0 Å². The summed E-state index contributed by atoms with van der Waals surface area (Å²) in [4.78, 5) is 13.0. The van der Waals surface area contributed by atoms with Gasteiger partial charge in [0.1, 0.15) is 24.4 Å². The molecule has 0 aromatic carbocycles. The molecule has 1 heterocycles. The first kappa shape index (κ1) is 53.9. The van der Waals surface area contributed by atoms with Gasteiger partial charge in [0, 0.05) is 6.42 Å². The molecule has 1 aliphatic heterocycles. The van der Waals surface area contributed by atoms with Crippen LogP contribution in [0.4, 0.5) is 0 Å². The number of hydrogen-bond donors (Lipinski definition) is 6. The van der Waals surface area contributed by atoms with Gasteiger partial charge in [0.05, 0.1) is 25.4 Å². The van der Waals surface area contributed by atoms with Crippen LogP contribution in [0.25, 0.3) is 0 Å². The number of carbonyl (C=O) groups excluding carboxylic acids is 1. The molecule has 7 atom stereocenters. The van der Waals surface area contributed by atoms with Crippen LogP contribution in [0.15, 0.2) is 12.2 Å². The Morgan fingerprint density at radius 2 is 1.12 bits per heavy atom. The van der Waals surface area contributed by atoms with E-state index in [9.17, 15) is 33.6 Å². The van der Waals surface area contributed by atoms with Gasteiger partial charge in [0.15, 0.2) is 6.29 Å². The number of nitrogens with one attached hydrogen (secondary N) is 1. The van der Waals surface area contributed by atoms with Crippen molar-refractivity contribution in [2.24, 2.45) is 0 Å². The van der Waals surface area contributed by atoms with Crippen LogP contribution in [0.5, 0.6) is 0 Å². The molecule has 7 unspecified atom stereocenters. The monoisotopic (exact) mass is 836 g/mol. The quantitative estimate of drug-likeness (QED) is 0.0197. The van der Waals surface area contributed by atoms with Gasteiger partial charge in [-0.15, -0.1) is 0 Å². The van der Waals surface area contributed by atoms with E-state index >= 15 is 0 Å². The summed E-state index contributed by atoms with van der Waals surface area (Å²) in [6.45, 7) is 3.41. The van der Waals surface area contributed by atoms with E-state index in [4.69, 9.17) is 14.0 Å². The zero-order chi connectivity index (χ0) is 42.0. The first-order valence-corrected chi connectivity index (χ1v) is 24.4. The fourth-order valence-electron chi connectivity index (χ4n) is 7.45. The topological polar surface area (TPSA) is 192 Å². The third-order valence-corrected chi connectivity index (χ3v) is 11.5. The molecule has 1 aliphatic rings. The van der Waals surface area contributed by atoms with E-state index in [1.807, 2.05) is 0 Å². The van der Waals surface area contributed by atoms with Crippen molar-refractivity contribution in [2.75, 3.05) is 13.2 Å². The number of allylic oxidation sites excluding steroid dienone is 2. The van der Waals surface area contributed by atoms with Crippen molar-refractivity contribution in [3.63, 3.8) is 0 Å². The van der Waals surface area contributed by atoms with E-state index in [0.717, 1.165) is 51.4 Å². The number of carbonyl (C=O) groups is 1. The zero-order valence-corrected chi connectivity index (χ0v) is 36.7. The molecule has 1 rings (SSSR count). The summed E-state index contributed by atoms with van der Waals surface area (Å²) in [6, 6.07) is -0.855. The van der Waals surface area contributed by atoms with Crippen LogP contribution in [0.3, 0.4) is 0 Å². The molecule has 0 aromatic heterocycles. The smallest absolute Gasteiger partial charge is 0.394 e. The Balaban J connectivity index is 2.41. The number of amides is 1. The molecular weight excluding hydrogens is 751 g/mol. The van der Waals surface area contributed by atoms with E-state index in [0.29, 0.717) is 12.8 Å². The van der Waals surface area contributed by atoms with Gasteiger partial charge >= 0.3 is 10.4 Å². The number of ether oxygens (including phenoxy) is 2. The highest BCUT2D eigenvalue weighted by Gasteiger charge is 2.48. The van der Waals surface area contributed by atoms with Crippen LogP contribution in [-0.4, -0.2) is 95.4 Å². The van der Waals surface area contributed by atoms with Gasteiger partial charge in [0.25, 0.3) is 0 Å². The second-order valence-electron chi connectivity index (χ2n) is 16.3. The predicted molar refractivity (Wildman–Crippen MR) is 227 cm³/mol. The van der Waals surface area contributed by atoms with Gasteiger partial charge in [-0.2, -0.15) is 8.42 Å². The summed E-state index contributed by atoms with van der Waals surface area (Å²) < 4.78 is 47.5. The molecule has 0 spiro atoms. The first-order chi connectivity index (χ1) is 27.5. The molecule has 1 fully saturated rings. The molecule has 13 heteroatoms. The summed E-state index contributed by atoms with van der Waals surface area (Å²) in [5.74, 6) is -0.235. The van der Waals surface area contributed by atoms with Gasteiger partial charge in [-0.3, -0.25) is 9.35 Å². The maximum atomic E-state index is 13.0. The number of rotatable bonds is 39. The minimum Gasteiger partial charge on any atom is -0.394 e. The predicted octanol–water partition coefficient (Wildman–Crippen LogP) is 8.77. The van der Waals surface area contributed by atoms with Gasteiger partial charge < -0.3 is 35.2 Å². The van der Waals surface area contributed by atoms with Crippen molar-refractivity contribution in [1.29, 1.82) is 0 Å². The van der Waals surface area contributed by atoms with Crippen LogP contribution in [0, 0.1) is 0 Å². The number of aliphatic hydroxyl groups is 4. The molecule has 0 saturated carbocycles. The SMILES string of the molecule is CCCCCCCCCCCC/C=C\CCCCCCCCCC(=O)NC(COC1OC(CO)C(O)C(OS(=O)(=O)O)C1O)C(O)CCCCCCCCCCC.